The van der Waals surface area contributed by atoms with Gasteiger partial charge in [-0.25, -0.2) is 14.8 Å². The van der Waals surface area contributed by atoms with Gasteiger partial charge in [-0.15, -0.1) is 0 Å². The first-order valence-corrected chi connectivity index (χ1v) is 8.14. The molecular formula is C16H25N3O4. The highest BCUT2D eigenvalue weighted by Crippen LogP contribution is 2.63. The molecule has 1 aliphatic carbocycles. The van der Waals surface area contributed by atoms with Crippen molar-refractivity contribution in [3.05, 3.63) is 0 Å². The van der Waals surface area contributed by atoms with Crippen LogP contribution in [0.2, 0.25) is 0 Å². The van der Waals surface area contributed by atoms with Crippen molar-refractivity contribution < 1.29 is 19.1 Å². The highest BCUT2D eigenvalue weighted by Gasteiger charge is 2.73. The van der Waals surface area contributed by atoms with Gasteiger partial charge in [0.1, 0.15) is 5.60 Å². The minimum Gasteiger partial charge on any atom is -0.444 e. The van der Waals surface area contributed by atoms with E-state index < -0.39 is 5.60 Å². The third kappa shape index (κ3) is 2.60. The maximum Gasteiger partial charge on any atom is 0.410 e. The zero-order chi connectivity index (χ0) is 17.2. The van der Waals surface area contributed by atoms with Gasteiger partial charge in [0, 0.05) is 26.2 Å². The standard InChI is InChI=1S/C16H25N3O4/c1-15(2,3)23-14(22)17-6-8-18(9-7-17)19-12(20)10-11(13(19)21)16(10,4)5/h10-11H,6-9H2,1-5H3. The van der Waals surface area contributed by atoms with Gasteiger partial charge in [-0.1, -0.05) is 13.8 Å². The van der Waals surface area contributed by atoms with Crippen LogP contribution < -0.4 is 0 Å². The van der Waals surface area contributed by atoms with Crippen LogP contribution in [0.5, 0.6) is 0 Å². The van der Waals surface area contributed by atoms with Gasteiger partial charge < -0.3 is 9.64 Å². The number of piperidine rings is 1. The molecule has 128 valence electrons. The fourth-order valence-electron chi connectivity index (χ4n) is 3.62. The lowest BCUT2D eigenvalue weighted by molar-refractivity contribution is -0.165. The molecule has 0 aromatic rings. The Kier molecular flexibility index (Phi) is 3.48. The zero-order valence-corrected chi connectivity index (χ0v) is 14.5. The molecule has 2 saturated heterocycles. The van der Waals surface area contributed by atoms with Crippen molar-refractivity contribution in [1.82, 2.24) is 14.9 Å². The number of rotatable bonds is 1. The molecule has 2 atom stereocenters. The molecule has 0 radical (unpaired) electrons. The number of nitrogens with zero attached hydrogens (tertiary/aromatic N) is 3. The quantitative estimate of drug-likeness (QED) is 0.676. The Balaban J connectivity index is 1.57. The average molecular weight is 323 g/mol. The van der Waals surface area contributed by atoms with Crippen molar-refractivity contribution in [2.45, 2.75) is 40.2 Å². The maximum absolute atomic E-state index is 12.4. The third-order valence-corrected chi connectivity index (χ3v) is 4.97. The van der Waals surface area contributed by atoms with E-state index in [0.717, 1.165) is 0 Å². The van der Waals surface area contributed by atoms with E-state index in [1.54, 1.807) is 9.91 Å². The van der Waals surface area contributed by atoms with Crippen LogP contribution in [0.4, 0.5) is 4.79 Å². The first-order valence-electron chi connectivity index (χ1n) is 8.14. The van der Waals surface area contributed by atoms with Crippen LogP contribution in [0.25, 0.3) is 0 Å². The summed E-state index contributed by atoms with van der Waals surface area (Å²) in [4.78, 5) is 38.5. The number of fused-ring (bicyclic) bond motifs is 1. The van der Waals surface area contributed by atoms with E-state index >= 15 is 0 Å². The molecule has 3 rings (SSSR count). The van der Waals surface area contributed by atoms with E-state index in [4.69, 9.17) is 4.74 Å². The molecule has 0 aromatic carbocycles. The molecule has 2 unspecified atom stereocenters. The van der Waals surface area contributed by atoms with Gasteiger partial charge >= 0.3 is 6.09 Å². The Morgan fingerprint density at radius 2 is 1.52 bits per heavy atom. The Labute approximate surface area is 136 Å². The fraction of sp³-hybridized carbons (Fsp3) is 0.812. The summed E-state index contributed by atoms with van der Waals surface area (Å²) in [6.45, 7) is 11.3. The number of piperazine rings is 1. The Morgan fingerprint density at radius 1 is 1.04 bits per heavy atom. The summed E-state index contributed by atoms with van der Waals surface area (Å²) in [6, 6.07) is 0. The number of ether oxygens (including phenoxy) is 1. The first kappa shape index (κ1) is 16.2. The summed E-state index contributed by atoms with van der Waals surface area (Å²) in [5.74, 6) is -0.510. The number of hydrogen-bond donors (Lipinski definition) is 0. The Morgan fingerprint density at radius 3 is 1.96 bits per heavy atom. The number of imide groups is 1. The van der Waals surface area contributed by atoms with Crippen LogP contribution >= 0.6 is 0 Å². The molecule has 3 amide bonds. The first-order chi connectivity index (χ1) is 10.5. The van der Waals surface area contributed by atoms with Gasteiger partial charge in [0.2, 0.25) is 11.8 Å². The van der Waals surface area contributed by atoms with Crippen LogP contribution in [0.1, 0.15) is 34.6 Å². The lowest BCUT2D eigenvalue weighted by Crippen LogP contribution is -2.58. The second-order valence-corrected chi connectivity index (χ2v) is 8.19. The summed E-state index contributed by atoms with van der Waals surface area (Å²) < 4.78 is 5.35. The van der Waals surface area contributed by atoms with Gasteiger partial charge in [-0.05, 0) is 26.2 Å². The maximum atomic E-state index is 12.4. The minimum absolute atomic E-state index is 0.0873. The monoisotopic (exact) mass is 323 g/mol. The summed E-state index contributed by atoms with van der Waals surface area (Å²) in [5, 5.41) is 3.08. The van der Waals surface area contributed by atoms with Gasteiger partial charge in [-0.2, -0.15) is 0 Å². The van der Waals surface area contributed by atoms with Gasteiger partial charge in [0.15, 0.2) is 0 Å². The molecule has 1 saturated carbocycles. The number of carbonyl (C=O) groups is 3. The van der Waals surface area contributed by atoms with Crippen molar-refractivity contribution in [3.8, 4) is 0 Å². The molecule has 23 heavy (non-hydrogen) atoms. The molecule has 0 aromatic heterocycles. The van der Waals surface area contributed by atoms with Crippen molar-refractivity contribution in [2.24, 2.45) is 17.3 Å². The minimum atomic E-state index is -0.526. The van der Waals surface area contributed by atoms with Crippen LogP contribution in [-0.4, -0.2) is 64.6 Å². The summed E-state index contributed by atoms with van der Waals surface area (Å²) in [7, 11) is 0. The molecule has 0 spiro atoms. The van der Waals surface area contributed by atoms with Crippen LogP contribution in [-0.2, 0) is 14.3 Å². The van der Waals surface area contributed by atoms with Crippen LogP contribution in [0.15, 0.2) is 0 Å². The summed E-state index contributed by atoms with van der Waals surface area (Å²) in [5.41, 5.74) is -0.717. The lowest BCUT2D eigenvalue weighted by atomic mass is 10.1. The number of hydrogen-bond acceptors (Lipinski definition) is 5. The van der Waals surface area contributed by atoms with Crippen molar-refractivity contribution in [2.75, 3.05) is 26.2 Å². The van der Waals surface area contributed by atoms with E-state index in [9.17, 15) is 14.4 Å². The largest absolute Gasteiger partial charge is 0.444 e. The number of hydrazine groups is 1. The van der Waals surface area contributed by atoms with E-state index in [0.29, 0.717) is 26.2 Å². The molecule has 7 nitrogen and oxygen atoms in total. The third-order valence-electron chi connectivity index (χ3n) is 4.97. The number of amides is 3. The molecule has 3 aliphatic rings. The molecule has 2 heterocycles. The SMILES string of the molecule is CC(C)(C)OC(=O)N1CCN(N2C(=O)C3C(C2=O)C3(C)C)CC1. The van der Waals surface area contributed by atoms with Gasteiger partial charge in [0.25, 0.3) is 0 Å². The fourth-order valence-corrected chi connectivity index (χ4v) is 3.62. The topological polar surface area (TPSA) is 70.2 Å². The predicted octanol–water partition coefficient (Wildman–Crippen LogP) is 1.10. The molecule has 2 aliphatic heterocycles. The normalized spacial score (nSPS) is 30.5. The van der Waals surface area contributed by atoms with E-state index in [1.807, 2.05) is 34.6 Å². The van der Waals surface area contributed by atoms with Crippen LogP contribution in [0, 0.1) is 17.3 Å². The predicted molar refractivity (Wildman–Crippen MR) is 82.0 cm³/mol. The van der Waals surface area contributed by atoms with Crippen molar-refractivity contribution in [3.63, 3.8) is 0 Å². The molecule has 0 bridgehead atoms. The van der Waals surface area contributed by atoms with Crippen molar-refractivity contribution >= 4 is 17.9 Å². The zero-order valence-electron chi connectivity index (χ0n) is 14.5. The summed E-state index contributed by atoms with van der Waals surface area (Å²) in [6.07, 6.45) is -0.347. The van der Waals surface area contributed by atoms with E-state index in [2.05, 4.69) is 0 Å². The second-order valence-electron chi connectivity index (χ2n) is 8.19. The highest BCUT2D eigenvalue weighted by atomic mass is 16.6. The Bertz CT molecular complexity index is 534. The van der Waals surface area contributed by atoms with Crippen molar-refractivity contribution in [1.29, 1.82) is 0 Å². The molecule has 3 fully saturated rings. The van der Waals surface area contributed by atoms with E-state index in [1.165, 1.54) is 5.01 Å². The summed E-state index contributed by atoms with van der Waals surface area (Å²) >= 11 is 0. The van der Waals surface area contributed by atoms with Crippen LogP contribution in [0.3, 0.4) is 0 Å². The van der Waals surface area contributed by atoms with Gasteiger partial charge in [0.05, 0.1) is 11.8 Å². The smallest absolute Gasteiger partial charge is 0.410 e. The average Bonchev–Trinajstić information content (AvgIpc) is 2.87. The second kappa shape index (κ2) is 4.93. The van der Waals surface area contributed by atoms with E-state index in [-0.39, 0.29) is 35.2 Å². The molecular weight excluding hydrogens is 298 g/mol. The van der Waals surface area contributed by atoms with Gasteiger partial charge in [-0.3, -0.25) is 9.59 Å². The Hall–Kier alpha value is -1.63. The lowest BCUT2D eigenvalue weighted by Gasteiger charge is -2.39. The number of carbonyl (C=O) groups excluding carboxylic acids is 3. The molecule has 7 heteroatoms. The molecule has 0 N–H and O–H groups in total. The highest BCUT2D eigenvalue weighted by molar-refractivity contribution is 6.09.